The highest BCUT2D eigenvalue weighted by Crippen LogP contribution is 2.33. The van der Waals surface area contributed by atoms with Crippen molar-refractivity contribution in [3.63, 3.8) is 0 Å². The van der Waals surface area contributed by atoms with E-state index in [1.54, 1.807) is 32.4 Å². The fourth-order valence-electron chi connectivity index (χ4n) is 3.03. The van der Waals surface area contributed by atoms with Crippen LogP contribution in [0.3, 0.4) is 0 Å². The molecule has 1 aliphatic heterocycles. The number of amides is 1. The second-order valence-corrected chi connectivity index (χ2v) is 6.16. The second kappa shape index (κ2) is 8.68. The number of rotatable bonds is 7. The van der Waals surface area contributed by atoms with Gasteiger partial charge in [-0.15, -0.1) is 0 Å². The van der Waals surface area contributed by atoms with E-state index in [4.69, 9.17) is 14.2 Å². The van der Waals surface area contributed by atoms with Crippen molar-refractivity contribution in [3.05, 3.63) is 41.3 Å². The normalized spacial score (nSPS) is 13.1. The van der Waals surface area contributed by atoms with Gasteiger partial charge in [0, 0.05) is 26.7 Å². The van der Waals surface area contributed by atoms with Crippen LogP contribution in [-0.2, 0) is 17.7 Å². The van der Waals surface area contributed by atoms with E-state index in [9.17, 15) is 4.79 Å². The number of anilines is 1. The molecule has 1 aliphatic rings. The molecule has 2 aromatic rings. The standard InChI is InChI=1S/C19H24N4O4/c1-25-7-5-20-18-11-21-15(10-22-18)19(24)23-6-4-13-8-16(26-2)17(27-3)9-14(13)12-23/h8-11H,4-7,12H2,1-3H3,(H,20,22). The Morgan fingerprint density at radius 2 is 1.85 bits per heavy atom. The number of methoxy groups -OCH3 is 3. The smallest absolute Gasteiger partial charge is 0.274 e. The van der Waals surface area contributed by atoms with Gasteiger partial charge in [-0.2, -0.15) is 0 Å². The first-order valence-electron chi connectivity index (χ1n) is 8.74. The quantitative estimate of drug-likeness (QED) is 0.741. The number of ether oxygens (including phenoxy) is 3. The first-order valence-corrected chi connectivity index (χ1v) is 8.74. The number of aromatic nitrogens is 2. The third kappa shape index (κ3) is 4.28. The van der Waals surface area contributed by atoms with E-state index < -0.39 is 0 Å². The van der Waals surface area contributed by atoms with Gasteiger partial charge in [-0.05, 0) is 29.7 Å². The summed E-state index contributed by atoms with van der Waals surface area (Å²) < 4.78 is 15.7. The second-order valence-electron chi connectivity index (χ2n) is 6.16. The summed E-state index contributed by atoms with van der Waals surface area (Å²) in [6.07, 6.45) is 3.82. The molecule has 144 valence electrons. The number of fused-ring (bicyclic) bond motifs is 1. The molecule has 0 spiro atoms. The molecule has 3 rings (SSSR count). The average Bonchev–Trinajstić information content (AvgIpc) is 2.72. The Hall–Kier alpha value is -2.87. The maximum Gasteiger partial charge on any atom is 0.274 e. The van der Waals surface area contributed by atoms with Gasteiger partial charge in [0.2, 0.25) is 0 Å². The summed E-state index contributed by atoms with van der Waals surface area (Å²) in [6, 6.07) is 3.92. The molecule has 0 bridgehead atoms. The van der Waals surface area contributed by atoms with Gasteiger partial charge in [0.25, 0.3) is 5.91 Å². The lowest BCUT2D eigenvalue weighted by Gasteiger charge is -2.29. The Kier molecular flexibility index (Phi) is 6.08. The van der Waals surface area contributed by atoms with E-state index in [1.165, 1.54) is 11.8 Å². The number of hydrogen-bond donors (Lipinski definition) is 1. The van der Waals surface area contributed by atoms with Crippen molar-refractivity contribution in [2.75, 3.05) is 46.3 Å². The summed E-state index contributed by atoms with van der Waals surface area (Å²) in [7, 11) is 4.86. The van der Waals surface area contributed by atoms with Crippen molar-refractivity contribution in [3.8, 4) is 11.5 Å². The van der Waals surface area contributed by atoms with Gasteiger partial charge >= 0.3 is 0 Å². The monoisotopic (exact) mass is 372 g/mol. The summed E-state index contributed by atoms with van der Waals surface area (Å²) in [5.74, 6) is 1.85. The molecule has 1 N–H and O–H groups in total. The third-order valence-electron chi connectivity index (χ3n) is 4.49. The SMILES string of the molecule is COCCNc1cnc(C(=O)N2CCc3cc(OC)c(OC)cc3C2)cn1. The first-order chi connectivity index (χ1) is 13.2. The van der Waals surface area contributed by atoms with Gasteiger partial charge in [-0.3, -0.25) is 4.79 Å². The van der Waals surface area contributed by atoms with Gasteiger partial charge in [0.15, 0.2) is 11.5 Å². The number of nitrogens with one attached hydrogen (secondary N) is 1. The summed E-state index contributed by atoms with van der Waals surface area (Å²) in [5.41, 5.74) is 2.55. The number of hydrogen-bond acceptors (Lipinski definition) is 7. The Bertz CT molecular complexity index is 795. The average molecular weight is 372 g/mol. The molecular formula is C19H24N4O4. The van der Waals surface area contributed by atoms with Crippen molar-refractivity contribution in [1.82, 2.24) is 14.9 Å². The number of benzene rings is 1. The van der Waals surface area contributed by atoms with Crippen molar-refractivity contribution in [1.29, 1.82) is 0 Å². The van der Waals surface area contributed by atoms with Crippen molar-refractivity contribution in [2.45, 2.75) is 13.0 Å². The van der Waals surface area contributed by atoms with Crippen LogP contribution in [0.4, 0.5) is 5.82 Å². The van der Waals surface area contributed by atoms with E-state index in [0.29, 0.717) is 49.3 Å². The zero-order valence-electron chi connectivity index (χ0n) is 15.8. The molecule has 1 aromatic heterocycles. The van der Waals surface area contributed by atoms with Crippen molar-refractivity contribution < 1.29 is 19.0 Å². The van der Waals surface area contributed by atoms with Gasteiger partial charge < -0.3 is 24.4 Å². The molecule has 27 heavy (non-hydrogen) atoms. The van der Waals surface area contributed by atoms with Crippen LogP contribution >= 0.6 is 0 Å². The summed E-state index contributed by atoms with van der Waals surface area (Å²) in [6.45, 7) is 2.33. The van der Waals surface area contributed by atoms with Gasteiger partial charge in [-0.1, -0.05) is 0 Å². The molecule has 0 radical (unpaired) electrons. The molecule has 1 aromatic carbocycles. The van der Waals surface area contributed by atoms with E-state index in [2.05, 4.69) is 15.3 Å². The molecule has 0 saturated carbocycles. The van der Waals surface area contributed by atoms with Crippen LogP contribution in [0, 0.1) is 0 Å². The predicted octanol–water partition coefficient (Wildman–Crippen LogP) is 1.75. The van der Waals surface area contributed by atoms with E-state index in [1.807, 2.05) is 12.1 Å². The molecular weight excluding hydrogens is 348 g/mol. The third-order valence-corrected chi connectivity index (χ3v) is 4.49. The molecule has 0 fully saturated rings. The maximum atomic E-state index is 12.8. The molecule has 1 amide bonds. The van der Waals surface area contributed by atoms with Gasteiger partial charge in [-0.25, -0.2) is 9.97 Å². The van der Waals surface area contributed by atoms with Crippen LogP contribution < -0.4 is 14.8 Å². The molecule has 8 heteroatoms. The predicted molar refractivity (Wildman–Crippen MR) is 100 cm³/mol. The number of carbonyl (C=O) groups excluding carboxylic acids is 1. The highest BCUT2D eigenvalue weighted by atomic mass is 16.5. The Labute approximate surface area is 158 Å². The number of nitrogens with zero attached hydrogens (tertiary/aromatic N) is 3. The Morgan fingerprint density at radius 1 is 1.11 bits per heavy atom. The van der Waals surface area contributed by atoms with Crippen LogP contribution in [-0.4, -0.2) is 61.8 Å². The summed E-state index contributed by atoms with van der Waals surface area (Å²) >= 11 is 0. The lowest BCUT2D eigenvalue weighted by molar-refractivity contribution is 0.0728. The fourth-order valence-corrected chi connectivity index (χ4v) is 3.03. The minimum absolute atomic E-state index is 0.133. The lowest BCUT2D eigenvalue weighted by atomic mass is 9.98. The van der Waals surface area contributed by atoms with Crippen LogP contribution in [0.25, 0.3) is 0 Å². The first kappa shape index (κ1) is 18.9. The largest absolute Gasteiger partial charge is 0.493 e. The van der Waals surface area contributed by atoms with Crippen molar-refractivity contribution in [2.24, 2.45) is 0 Å². The van der Waals surface area contributed by atoms with Gasteiger partial charge in [0.05, 0.1) is 33.2 Å². The Morgan fingerprint density at radius 3 is 2.48 bits per heavy atom. The lowest BCUT2D eigenvalue weighted by Crippen LogP contribution is -2.36. The fraction of sp³-hybridized carbons (Fsp3) is 0.421. The summed E-state index contributed by atoms with van der Waals surface area (Å²) in [5, 5.41) is 3.08. The molecule has 8 nitrogen and oxygen atoms in total. The minimum atomic E-state index is -0.133. The Balaban J connectivity index is 1.70. The van der Waals surface area contributed by atoms with Crippen LogP contribution in [0.1, 0.15) is 21.6 Å². The van der Waals surface area contributed by atoms with Crippen LogP contribution in [0.5, 0.6) is 11.5 Å². The van der Waals surface area contributed by atoms with E-state index in [0.717, 1.165) is 12.0 Å². The van der Waals surface area contributed by atoms with E-state index in [-0.39, 0.29) is 5.91 Å². The molecule has 2 heterocycles. The zero-order valence-corrected chi connectivity index (χ0v) is 15.8. The summed E-state index contributed by atoms with van der Waals surface area (Å²) in [4.78, 5) is 23.1. The molecule has 0 unspecified atom stereocenters. The number of carbonyl (C=O) groups is 1. The van der Waals surface area contributed by atoms with Crippen LogP contribution in [0.15, 0.2) is 24.5 Å². The highest BCUT2D eigenvalue weighted by molar-refractivity contribution is 5.92. The molecule has 0 atom stereocenters. The maximum absolute atomic E-state index is 12.8. The molecule has 0 saturated heterocycles. The topological polar surface area (TPSA) is 85.8 Å². The minimum Gasteiger partial charge on any atom is -0.493 e. The van der Waals surface area contributed by atoms with E-state index >= 15 is 0 Å². The van der Waals surface area contributed by atoms with Gasteiger partial charge in [0.1, 0.15) is 11.5 Å². The van der Waals surface area contributed by atoms with Crippen LogP contribution in [0.2, 0.25) is 0 Å². The molecule has 0 aliphatic carbocycles. The highest BCUT2D eigenvalue weighted by Gasteiger charge is 2.24. The zero-order chi connectivity index (χ0) is 19.2. The van der Waals surface area contributed by atoms with Crippen molar-refractivity contribution >= 4 is 11.7 Å².